The first kappa shape index (κ1) is 17.1. The number of rotatable bonds is 6. The van der Waals surface area contributed by atoms with E-state index in [-0.39, 0.29) is 11.9 Å². The molecule has 5 heteroatoms. The Morgan fingerprint density at radius 2 is 1.76 bits per heavy atom. The molecule has 0 aliphatic heterocycles. The Balaban J connectivity index is 1.80. The molecule has 0 aliphatic rings. The lowest BCUT2D eigenvalue weighted by Crippen LogP contribution is -2.19. The highest BCUT2D eigenvalue weighted by atomic mass is 35.5. The fourth-order valence-electron chi connectivity index (χ4n) is 2.72. The first-order valence-electron chi connectivity index (χ1n) is 7.98. The summed E-state index contributed by atoms with van der Waals surface area (Å²) in [7, 11) is 1.63. The number of ether oxygens (including phenoxy) is 1. The number of halogens is 1. The zero-order chi connectivity index (χ0) is 17.6. The van der Waals surface area contributed by atoms with Crippen LogP contribution in [0.2, 0.25) is 5.02 Å². The summed E-state index contributed by atoms with van der Waals surface area (Å²) in [6, 6.07) is 18.8. The van der Waals surface area contributed by atoms with E-state index in [4.69, 9.17) is 16.3 Å². The highest BCUT2D eigenvalue weighted by Crippen LogP contribution is 2.26. The molecular weight excluding hydrogens is 336 g/mol. The topological polar surface area (TPSA) is 43.3 Å². The van der Waals surface area contributed by atoms with Crippen LogP contribution in [0.15, 0.2) is 73.1 Å². The first-order chi connectivity index (χ1) is 12.2. The van der Waals surface area contributed by atoms with Crippen molar-refractivity contribution in [3.63, 3.8) is 0 Å². The molecule has 1 atom stereocenters. The molecule has 0 radical (unpaired) electrons. The third-order valence-corrected chi connectivity index (χ3v) is 4.34. The second-order valence-corrected chi connectivity index (χ2v) is 6.06. The first-order valence-corrected chi connectivity index (χ1v) is 8.36. The van der Waals surface area contributed by atoms with Crippen molar-refractivity contribution in [2.24, 2.45) is 0 Å². The molecule has 3 aromatic rings. The van der Waals surface area contributed by atoms with Crippen molar-refractivity contribution in [3.8, 4) is 5.75 Å². The minimum Gasteiger partial charge on any atom is -0.497 e. The van der Waals surface area contributed by atoms with Crippen LogP contribution in [0.25, 0.3) is 0 Å². The Hall–Kier alpha value is -2.72. The van der Waals surface area contributed by atoms with Gasteiger partial charge in [-0.15, -0.1) is 0 Å². The van der Waals surface area contributed by atoms with Gasteiger partial charge in [0.15, 0.2) is 0 Å². The zero-order valence-electron chi connectivity index (χ0n) is 13.9. The molecule has 1 N–H and O–H groups in total. The molecule has 128 valence electrons. The molecule has 0 spiro atoms. The Morgan fingerprint density at radius 1 is 1.08 bits per heavy atom. The molecule has 25 heavy (non-hydrogen) atoms. The lowest BCUT2D eigenvalue weighted by molar-refractivity contribution is -0.116. The van der Waals surface area contributed by atoms with Gasteiger partial charge in [0, 0.05) is 12.4 Å². The average Bonchev–Trinajstić information content (AvgIpc) is 3.16. The van der Waals surface area contributed by atoms with Gasteiger partial charge in [0.2, 0.25) is 5.91 Å². The number of hydrogen-bond acceptors (Lipinski definition) is 2. The van der Waals surface area contributed by atoms with Crippen LogP contribution in [0.1, 0.15) is 18.0 Å². The van der Waals surface area contributed by atoms with Gasteiger partial charge >= 0.3 is 0 Å². The van der Waals surface area contributed by atoms with Gasteiger partial charge in [-0.05, 0) is 42.0 Å². The average molecular weight is 355 g/mol. The van der Waals surface area contributed by atoms with E-state index in [0.29, 0.717) is 17.1 Å². The minimum atomic E-state index is -0.108. The van der Waals surface area contributed by atoms with E-state index < -0.39 is 0 Å². The molecule has 2 aromatic carbocycles. The van der Waals surface area contributed by atoms with E-state index in [2.05, 4.69) is 5.32 Å². The molecule has 0 fully saturated rings. The Bertz CT molecular complexity index is 829. The van der Waals surface area contributed by atoms with Crippen molar-refractivity contribution in [3.05, 3.63) is 83.6 Å². The van der Waals surface area contributed by atoms with Crippen LogP contribution in [-0.4, -0.2) is 17.6 Å². The predicted molar refractivity (Wildman–Crippen MR) is 100 cm³/mol. The number of nitrogens with zero attached hydrogens (tertiary/aromatic N) is 1. The summed E-state index contributed by atoms with van der Waals surface area (Å²) in [5, 5.41) is 3.41. The summed E-state index contributed by atoms with van der Waals surface area (Å²) < 4.78 is 7.23. The van der Waals surface area contributed by atoms with Crippen LogP contribution >= 0.6 is 11.6 Å². The number of amides is 1. The summed E-state index contributed by atoms with van der Waals surface area (Å²) in [4.78, 5) is 12.6. The third-order valence-electron chi connectivity index (χ3n) is 4.01. The standard InChI is InChI=1S/C20H19ClN2O2/c1-25-16-10-8-15(9-11-16)19(23-12-4-5-13-23)14-20(24)22-18-7-3-2-6-17(18)21/h2-13,19H,14H2,1H3,(H,22,24)/t19-/m1/s1. The van der Waals surface area contributed by atoms with Crippen LogP contribution in [-0.2, 0) is 4.79 Å². The van der Waals surface area contributed by atoms with Gasteiger partial charge in [0.05, 0.1) is 30.3 Å². The van der Waals surface area contributed by atoms with Gasteiger partial charge in [-0.2, -0.15) is 0 Å². The molecular formula is C20H19ClN2O2. The van der Waals surface area contributed by atoms with Gasteiger partial charge in [0.1, 0.15) is 5.75 Å². The van der Waals surface area contributed by atoms with Crippen molar-refractivity contribution in [2.45, 2.75) is 12.5 Å². The quantitative estimate of drug-likeness (QED) is 0.693. The number of carbonyl (C=O) groups excluding carboxylic acids is 1. The van der Waals surface area contributed by atoms with Crippen LogP contribution in [0.3, 0.4) is 0 Å². The van der Waals surface area contributed by atoms with Gasteiger partial charge < -0.3 is 14.6 Å². The summed E-state index contributed by atoms with van der Waals surface area (Å²) in [5.41, 5.74) is 1.65. The van der Waals surface area contributed by atoms with Crippen molar-refractivity contribution < 1.29 is 9.53 Å². The molecule has 1 amide bonds. The summed E-state index contributed by atoms with van der Waals surface area (Å²) >= 11 is 6.12. The lowest BCUT2D eigenvalue weighted by Gasteiger charge is -2.20. The maximum atomic E-state index is 12.6. The summed E-state index contributed by atoms with van der Waals surface area (Å²) in [6.45, 7) is 0. The van der Waals surface area contributed by atoms with Crippen molar-refractivity contribution in [2.75, 3.05) is 12.4 Å². The number of hydrogen-bond donors (Lipinski definition) is 1. The second-order valence-electron chi connectivity index (χ2n) is 5.65. The molecule has 0 bridgehead atoms. The number of benzene rings is 2. The maximum absolute atomic E-state index is 12.6. The van der Waals surface area contributed by atoms with Crippen LogP contribution < -0.4 is 10.1 Å². The number of anilines is 1. The maximum Gasteiger partial charge on any atom is 0.226 e. The normalized spacial score (nSPS) is 11.8. The highest BCUT2D eigenvalue weighted by molar-refractivity contribution is 6.33. The molecule has 4 nitrogen and oxygen atoms in total. The number of para-hydroxylation sites is 1. The van der Waals surface area contributed by atoms with Crippen LogP contribution in [0.4, 0.5) is 5.69 Å². The van der Waals surface area contributed by atoms with Crippen molar-refractivity contribution in [1.82, 2.24) is 4.57 Å². The lowest BCUT2D eigenvalue weighted by atomic mass is 10.0. The fraction of sp³-hybridized carbons (Fsp3) is 0.150. The second kappa shape index (κ2) is 7.90. The van der Waals surface area contributed by atoms with E-state index in [0.717, 1.165) is 11.3 Å². The molecule has 0 saturated heterocycles. The van der Waals surface area contributed by atoms with E-state index in [1.165, 1.54) is 0 Å². The van der Waals surface area contributed by atoms with E-state index in [1.807, 2.05) is 65.5 Å². The molecule has 0 unspecified atom stereocenters. The van der Waals surface area contributed by atoms with E-state index >= 15 is 0 Å². The Morgan fingerprint density at radius 3 is 2.40 bits per heavy atom. The van der Waals surface area contributed by atoms with Crippen LogP contribution in [0.5, 0.6) is 5.75 Å². The van der Waals surface area contributed by atoms with E-state index in [9.17, 15) is 4.79 Å². The van der Waals surface area contributed by atoms with Crippen LogP contribution in [0, 0.1) is 0 Å². The number of nitrogens with one attached hydrogen (secondary N) is 1. The van der Waals surface area contributed by atoms with Gasteiger partial charge in [-0.25, -0.2) is 0 Å². The molecule has 0 aliphatic carbocycles. The fourth-order valence-corrected chi connectivity index (χ4v) is 2.90. The highest BCUT2D eigenvalue weighted by Gasteiger charge is 2.18. The number of aromatic nitrogens is 1. The molecule has 3 rings (SSSR count). The summed E-state index contributed by atoms with van der Waals surface area (Å²) in [5.74, 6) is 0.693. The van der Waals surface area contributed by atoms with Gasteiger partial charge in [-0.1, -0.05) is 35.9 Å². The molecule has 0 saturated carbocycles. The SMILES string of the molecule is COc1ccc([C@@H](CC(=O)Nc2ccccc2Cl)n2cccc2)cc1. The largest absolute Gasteiger partial charge is 0.497 e. The number of methoxy groups -OCH3 is 1. The monoisotopic (exact) mass is 354 g/mol. The molecule has 1 aromatic heterocycles. The Kier molecular flexibility index (Phi) is 5.41. The van der Waals surface area contributed by atoms with Gasteiger partial charge in [-0.3, -0.25) is 4.79 Å². The van der Waals surface area contributed by atoms with Gasteiger partial charge in [0.25, 0.3) is 0 Å². The minimum absolute atomic E-state index is 0.0948. The Labute approximate surface area is 152 Å². The van der Waals surface area contributed by atoms with E-state index in [1.54, 1.807) is 19.2 Å². The smallest absolute Gasteiger partial charge is 0.226 e. The third kappa shape index (κ3) is 4.22. The zero-order valence-corrected chi connectivity index (χ0v) is 14.6. The molecule has 1 heterocycles. The summed E-state index contributed by atoms with van der Waals surface area (Å²) in [6.07, 6.45) is 4.21. The predicted octanol–water partition coefficient (Wildman–Crippen LogP) is 4.77. The van der Waals surface area contributed by atoms with Crippen molar-refractivity contribution in [1.29, 1.82) is 0 Å². The van der Waals surface area contributed by atoms with Crippen molar-refractivity contribution >= 4 is 23.2 Å². The number of carbonyl (C=O) groups is 1.